The fourth-order valence-electron chi connectivity index (χ4n) is 2.26. The molecule has 0 aliphatic heterocycles. The van der Waals surface area contributed by atoms with Gasteiger partial charge in [0.1, 0.15) is 0 Å². The van der Waals surface area contributed by atoms with Crippen LogP contribution in [0.5, 0.6) is 0 Å². The number of aliphatic hydroxyl groups is 1. The molecule has 0 bridgehead atoms. The molecule has 4 heteroatoms. The molecule has 0 atom stereocenters. The smallest absolute Gasteiger partial charge is 0.202 e. The molecule has 1 aromatic rings. The summed E-state index contributed by atoms with van der Waals surface area (Å²) in [7, 11) is 1.95. The normalized spacial score (nSPS) is 30.3. The van der Waals surface area contributed by atoms with Gasteiger partial charge in [-0.2, -0.15) is 0 Å². The zero-order valence-electron chi connectivity index (χ0n) is 10.1. The Balaban J connectivity index is 1.88. The minimum absolute atomic E-state index is 0.543. The molecule has 0 radical (unpaired) electrons. The molecule has 0 spiro atoms. The zero-order chi connectivity index (χ0) is 11.6. The fraction of sp³-hybridized carbons (Fsp3) is 0.750. The predicted molar refractivity (Wildman–Crippen MR) is 64.3 cm³/mol. The molecule has 0 unspecified atom stereocenters. The number of imidazole rings is 1. The van der Waals surface area contributed by atoms with Gasteiger partial charge in [0.15, 0.2) is 0 Å². The first-order valence-corrected chi connectivity index (χ1v) is 6.03. The number of nitrogens with one attached hydrogen (secondary N) is 1. The highest BCUT2D eigenvalue weighted by Crippen LogP contribution is 2.31. The van der Waals surface area contributed by atoms with Crippen molar-refractivity contribution in [1.29, 1.82) is 0 Å². The van der Waals surface area contributed by atoms with Gasteiger partial charge >= 0.3 is 0 Å². The van der Waals surface area contributed by atoms with Crippen molar-refractivity contribution in [3.05, 3.63) is 12.4 Å². The lowest BCUT2D eigenvalue weighted by molar-refractivity contribution is 0.00484. The van der Waals surface area contributed by atoms with Crippen molar-refractivity contribution in [2.24, 2.45) is 13.0 Å². The summed E-state index contributed by atoms with van der Waals surface area (Å²) in [4.78, 5) is 4.19. The van der Waals surface area contributed by atoms with Crippen LogP contribution >= 0.6 is 0 Å². The van der Waals surface area contributed by atoms with Crippen molar-refractivity contribution >= 4 is 5.95 Å². The average molecular weight is 223 g/mol. The van der Waals surface area contributed by atoms with Gasteiger partial charge in [0.05, 0.1) is 5.60 Å². The number of aryl methyl sites for hydroxylation is 1. The molecule has 1 heterocycles. The van der Waals surface area contributed by atoms with Crippen LogP contribution in [0.1, 0.15) is 32.6 Å². The van der Waals surface area contributed by atoms with Gasteiger partial charge < -0.3 is 15.0 Å². The minimum atomic E-state index is -0.543. The van der Waals surface area contributed by atoms with Gasteiger partial charge in [-0.1, -0.05) is 6.92 Å². The Labute approximate surface area is 96.7 Å². The van der Waals surface area contributed by atoms with Crippen molar-refractivity contribution in [1.82, 2.24) is 9.55 Å². The van der Waals surface area contributed by atoms with E-state index in [1.54, 1.807) is 6.20 Å². The quantitative estimate of drug-likeness (QED) is 0.821. The highest BCUT2D eigenvalue weighted by atomic mass is 16.3. The summed E-state index contributed by atoms with van der Waals surface area (Å²) in [5.41, 5.74) is -0.543. The van der Waals surface area contributed by atoms with E-state index in [1.807, 2.05) is 17.8 Å². The van der Waals surface area contributed by atoms with Crippen LogP contribution in [0.3, 0.4) is 0 Å². The molecule has 1 saturated carbocycles. The van der Waals surface area contributed by atoms with Gasteiger partial charge in [-0.05, 0) is 31.6 Å². The van der Waals surface area contributed by atoms with E-state index < -0.39 is 5.60 Å². The largest absolute Gasteiger partial charge is 0.388 e. The van der Waals surface area contributed by atoms with E-state index in [0.29, 0.717) is 6.54 Å². The molecule has 1 fully saturated rings. The zero-order valence-corrected chi connectivity index (χ0v) is 10.1. The van der Waals surface area contributed by atoms with Gasteiger partial charge in [-0.15, -0.1) is 0 Å². The highest BCUT2D eigenvalue weighted by molar-refractivity contribution is 5.26. The van der Waals surface area contributed by atoms with Crippen LogP contribution in [0.15, 0.2) is 12.4 Å². The Morgan fingerprint density at radius 3 is 2.81 bits per heavy atom. The number of rotatable bonds is 3. The van der Waals surface area contributed by atoms with E-state index >= 15 is 0 Å². The average Bonchev–Trinajstić information content (AvgIpc) is 2.67. The van der Waals surface area contributed by atoms with E-state index in [9.17, 15) is 5.11 Å². The molecule has 1 aliphatic rings. The van der Waals surface area contributed by atoms with Crippen molar-refractivity contribution < 1.29 is 5.11 Å². The van der Waals surface area contributed by atoms with Crippen molar-refractivity contribution in [3.63, 3.8) is 0 Å². The minimum Gasteiger partial charge on any atom is -0.388 e. The molecule has 4 nitrogen and oxygen atoms in total. The van der Waals surface area contributed by atoms with Crippen molar-refractivity contribution in [2.75, 3.05) is 11.9 Å². The topological polar surface area (TPSA) is 50.1 Å². The molecular formula is C12H21N3O. The fourth-order valence-corrected chi connectivity index (χ4v) is 2.26. The summed E-state index contributed by atoms with van der Waals surface area (Å²) in [6.45, 7) is 2.86. The maximum absolute atomic E-state index is 10.4. The molecule has 0 aromatic carbocycles. The number of aromatic nitrogens is 2. The summed E-state index contributed by atoms with van der Waals surface area (Å²) in [6, 6.07) is 0. The van der Waals surface area contributed by atoms with Crippen molar-refractivity contribution in [3.8, 4) is 0 Å². The van der Waals surface area contributed by atoms with Gasteiger partial charge in [0, 0.05) is 26.0 Å². The number of hydrogen-bond donors (Lipinski definition) is 2. The van der Waals surface area contributed by atoms with E-state index in [1.165, 1.54) is 0 Å². The summed E-state index contributed by atoms with van der Waals surface area (Å²) in [5.74, 6) is 1.58. The number of nitrogens with zero attached hydrogens (tertiary/aromatic N) is 2. The van der Waals surface area contributed by atoms with Crippen LogP contribution in [0.25, 0.3) is 0 Å². The third-order valence-corrected chi connectivity index (χ3v) is 3.60. The highest BCUT2D eigenvalue weighted by Gasteiger charge is 2.31. The molecule has 1 aromatic heterocycles. The number of anilines is 1. The van der Waals surface area contributed by atoms with Crippen LogP contribution in [-0.4, -0.2) is 26.8 Å². The summed E-state index contributed by atoms with van der Waals surface area (Å²) in [5, 5.41) is 13.6. The Morgan fingerprint density at radius 1 is 1.56 bits per heavy atom. The SMILES string of the molecule is CC1CCC(O)(CNc2nccn2C)CC1. The lowest BCUT2D eigenvalue weighted by Gasteiger charge is -2.35. The lowest BCUT2D eigenvalue weighted by Crippen LogP contribution is -2.40. The molecular weight excluding hydrogens is 202 g/mol. The van der Waals surface area contributed by atoms with E-state index in [4.69, 9.17) is 0 Å². The van der Waals surface area contributed by atoms with Gasteiger partial charge in [-0.25, -0.2) is 4.98 Å². The van der Waals surface area contributed by atoms with Crippen LogP contribution in [0, 0.1) is 5.92 Å². The monoisotopic (exact) mass is 223 g/mol. The summed E-state index contributed by atoms with van der Waals surface area (Å²) < 4.78 is 1.93. The maximum Gasteiger partial charge on any atom is 0.202 e. The first kappa shape index (κ1) is 11.5. The Kier molecular flexibility index (Phi) is 3.19. The molecule has 2 rings (SSSR count). The predicted octanol–water partition coefficient (Wildman–Crippen LogP) is 1.77. The maximum atomic E-state index is 10.4. The van der Waals surface area contributed by atoms with Crippen molar-refractivity contribution in [2.45, 2.75) is 38.2 Å². The second-order valence-electron chi connectivity index (χ2n) is 5.12. The second-order valence-corrected chi connectivity index (χ2v) is 5.12. The molecule has 2 N–H and O–H groups in total. The standard InChI is InChI=1S/C12H21N3O/c1-10-3-5-12(16,6-4-10)9-14-11-13-7-8-15(11)2/h7-8,10,16H,3-6,9H2,1-2H3,(H,13,14). The Morgan fingerprint density at radius 2 is 2.25 bits per heavy atom. The van der Waals surface area contributed by atoms with Gasteiger partial charge in [0.2, 0.25) is 5.95 Å². The first-order valence-electron chi connectivity index (χ1n) is 6.03. The molecule has 16 heavy (non-hydrogen) atoms. The van der Waals surface area contributed by atoms with Gasteiger partial charge in [-0.3, -0.25) is 0 Å². The van der Waals surface area contributed by atoms with E-state index in [2.05, 4.69) is 17.2 Å². The second kappa shape index (κ2) is 4.45. The third-order valence-electron chi connectivity index (χ3n) is 3.60. The molecule has 0 amide bonds. The summed E-state index contributed by atoms with van der Waals surface area (Å²) >= 11 is 0. The lowest BCUT2D eigenvalue weighted by atomic mass is 9.79. The van der Waals surface area contributed by atoms with Gasteiger partial charge in [0.25, 0.3) is 0 Å². The van der Waals surface area contributed by atoms with Crippen LogP contribution < -0.4 is 5.32 Å². The van der Waals surface area contributed by atoms with Crippen LogP contribution in [0.4, 0.5) is 5.95 Å². The Hall–Kier alpha value is -1.03. The van der Waals surface area contributed by atoms with E-state index in [-0.39, 0.29) is 0 Å². The van der Waals surface area contributed by atoms with E-state index in [0.717, 1.165) is 37.5 Å². The molecule has 90 valence electrons. The van der Waals surface area contributed by atoms with Crippen LogP contribution in [-0.2, 0) is 7.05 Å². The Bertz CT molecular complexity index is 340. The first-order chi connectivity index (χ1) is 7.59. The molecule has 1 aliphatic carbocycles. The third kappa shape index (κ3) is 2.55. The number of hydrogen-bond acceptors (Lipinski definition) is 3. The molecule has 0 saturated heterocycles. The summed E-state index contributed by atoms with van der Waals surface area (Å²) in [6.07, 6.45) is 7.69. The van der Waals surface area contributed by atoms with Crippen LogP contribution in [0.2, 0.25) is 0 Å².